The molecule has 0 spiro atoms. The van der Waals surface area contributed by atoms with Crippen LogP contribution in [-0.2, 0) is 4.74 Å². The summed E-state index contributed by atoms with van der Waals surface area (Å²) in [6.07, 6.45) is 3.68. The van der Waals surface area contributed by atoms with Crippen LogP contribution in [-0.4, -0.2) is 43.2 Å². The molecule has 0 atom stereocenters. The fraction of sp³-hybridized carbons (Fsp3) is 0.357. The molecular formula is C14H16ClNO2S. The maximum Gasteiger partial charge on any atom is 0.188 e. The molecule has 3 nitrogen and oxygen atoms in total. The molecule has 0 N–H and O–H groups in total. The van der Waals surface area contributed by atoms with E-state index in [0.29, 0.717) is 23.8 Å². The summed E-state index contributed by atoms with van der Waals surface area (Å²) in [6.45, 7) is 3.10. The lowest BCUT2D eigenvalue weighted by molar-refractivity contribution is 0.0574. The summed E-state index contributed by atoms with van der Waals surface area (Å²) in [5.41, 5.74) is 0.657. The molecule has 0 bridgehead atoms. The van der Waals surface area contributed by atoms with Gasteiger partial charge in [-0.15, -0.1) is 11.8 Å². The van der Waals surface area contributed by atoms with Crippen LogP contribution in [0, 0.1) is 0 Å². The second-order valence-corrected chi connectivity index (χ2v) is 5.42. The van der Waals surface area contributed by atoms with Crippen LogP contribution < -0.4 is 0 Å². The van der Waals surface area contributed by atoms with Gasteiger partial charge in [0, 0.05) is 29.8 Å². The van der Waals surface area contributed by atoms with Crippen LogP contribution in [0.5, 0.6) is 0 Å². The first-order valence-corrected chi connectivity index (χ1v) is 7.69. The topological polar surface area (TPSA) is 29.5 Å². The predicted octanol–water partition coefficient (Wildman–Crippen LogP) is 3.06. The largest absolute Gasteiger partial charge is 0.378 e. The first-order valence-electron chi connectivity index (χ1n) is 6.09. The lowest BCUT2D eigenvalue weighted by Gasteiger charge is -2.29. The fourth-order valence-corrected chi connectivity index (χ4v) is 2.66. The standard InChI is InChI=1S/C14H16ClNO2S/c1-19-14(16-6-8-18-9-7-16)10-13(17)11-2-4-12(15)5-3-11/h2-5,10H,6-9H2,1H3/b14-10-. The zero-order valence-electron chi connectivity index (χ0n) is 10.8. The van der Waals surface area contributed by atoms with Crippen molar-refractivity contribution in [2.45, 2.75) is 0 Å². The first kappa shape index (κ1) is 14.4. The van der Waals surface area contributed by atoms with Gasteiger partial charge in [0.15, 0.2) is 5.78 Å². The lowest BCUT2D eigenvalue weighted by Crippen LogP contribution is -2.35. The molecule has 0 amide bonds. The summed E-state index contributed by atoms with van der Waals surface area (Å²) >= 11 is 7.41. The molecule has 0 radical (unpaired) electrons. The van der Waals surface area contributed by atoms with Crippen molar-refractivity contribution in [3.63, 3.8) is 0 Å². The highest BCUT2D eigenvalue weighted by molar-refractivity contribution is 8.02. The zero-order chi connectivity index (χ0) is 13.7. The molecule has 102 valence electrons. The van der Waals surface area contributed by atoms with Gasteiger partial charge in [0.05, 0.1) is 18.2 Å². The molecule has 2 rings (SSSR count). The van der Waals surface area contributed by atoms with Crippen LogP contribution in [0.4, 0.5) is 0 Å². The maximum atomic E-state index is 12.2. The number of hydrogen-bond acceptors (Lipinski definition) is 4. The Kier molecular flexibility index (Phi) is 5.31. The maximum absolute atomic E-state index is 12.2. The number of nitrogens with zero attached hydrogens (tertiary/aromatic N) is 1. The van der Waals surface area contributed by atoms with Gasteiger partial charge < -0.3 is 9.64 Å². The highest BCUT2D eigenvalue weighted by Gasteiger charge is 2.14. The Morgan fingerprint density at radius 3 is 2.53 bits per heavy atom. The normalized spacial score (nSPS) is 16.5. The monoisotopic (exact) mass is 297 g/mol. The number of allylic oxidation sites excluding steroid dienone is 1. The van der Waals surface area contributed by atoms with Crippen LogP contribution in [0.15, 0.2) is 35.4 Å². The Morgan fingerprint density at radius 2 is 1.95 bits per heavy atom. The van der Waals surface area contributed by atoms with Crippen molar-refractivity contribution >= 4 is 29.1 Å². The van der Waals surface area contributed by atoms with Gasteiger partial charge in [-0.25, -0.2) is 0 Å². The molecule has 1 saturated heterocycles. The van der Waals surface area contributed by atoms with Crippen molar-refractivity contribution in [1.82, 2.24) is 4.90 Å². The average Bonchev–Trinajstić information content (AvgIpc) is 2.46. The molecule has 0 aliphatic carbocycles. The minimum absolute atomic E-state index is 0.00695. The van der Waals surface area contributed by atoms with Crippen molar-refractivity contribution in [3.05, 3.63) is 46.0 Å². The van der Waals surface area contributed by atoms with Gasteiger partial charge in [-0.05, 0) is 30.5 Å². The second-order valence-electron chi connectivity index (χ2n) is 4.16. The predicted molar refractivity (Wildman–Crippen MR) is 79.8 cm³/mol. The Bertz CT molecular complexity index is 467. The van der Waals surface area contributed by atoms with Crippen molar-refractivity contribution in [1.29, 1.82) is 0 Å². The Labute approximate surface area is 122 Å². The highest BCUT2D eigenvalue weighted by Crippen LogP contribution is 2.20. The number of ketones is 1. The van der Waals surface area contributed by atoms with Crippen LogP contribution >= 0.6 is 23.4 Å². The van der Waals surface area contributed by atoms with Gasteiger partial charge in [0.25, 0.3) is 0 Å². The minimum atomic E-state index is 0.00695. The van der Waals surface area contributed by atoms with E-state index in [1.54, 1.807) is 42.1 Å². The van der Waals surface area contributed by atoms with E-state index in [0.717, 1.165) is 18.1 Å². The number of benzene rings is 1. The third kappa shape index (κ3) is 4.00. The van der Waals surface area contributed by atoms with Gasteiger partial charge in [-0.3, -0.25) is 4.79 Å². The van der Waals surface area contributed by atoms with Crippen molar-refractivity contribution in [3.8, 4) is 0 Å². The van der Waals surface area contributed by atoms with Crippen LogP contribution in [0.1, 0.15) is 10.4 Å². The Balaban J connectivity index is 2.12. The number of carbonyl (C=O) groups is 1. The van der Waals surface area contributed by atoms with Crippen LogP contribution in [0.3, 0.4) is 0 Å². The second kappa shape index (κ2) is 6.98. The van der Waals surface area contributed by atoms with E-state index in [4.69, 9.17) is 16.3 Å². The number of ether oxygens (including phenoxy) is 1. The van der Waals surface area contributed by atoms with Crippen LogP contribution in [0.2, 0.25) is 5.02 Å². The van der Waals surface area contributed by atoms with Gasteiger partial charge in [0.1, 0.15) is 0 Å². The van der Waals surface area contributed by atoms with Gasteiger partial charge in [0.2, 0.25) is 0 Å². The molecule has 1 aliphatic heterocycles. The van der Waals surface area contributed by atoms with Crippen molar-refractivity contribution < 1.29 is 9.53 Å². The minimum Gasteiger partial charge on any atom is -0.378 e. The molecule has 1 fully saturated rings. The number of thioether (sulfide) groups is 1. The summed E-state index contributed by atoms with van der Waals surface area (Å²) in [5.74, 6) is 0.00695. The van der Waals surface area contributed by atoms with E-state index in [9.17, 15) is 4.79 Å². The number of hydrogen-bond donors (Lipinski definition) is 0. The zero-order valence-corrected chi connectivity index (χ0v) is 12.3. The molecule has 0 unspecified atom stereocenters. The summed E-state index contributed by atoms with van der Waals surface area (Å²) in [5, 5.41) is 1.63. The number of carbonyl (C=O) groups excluding carboxylic acids is 1. The van der Waals surface area contributed by atoms with Gasteiger partial charge in [-0.2, -0.15) is 0 Å². The van der Waals surface area contributed by atoms with E-state index in [1.807, 2.05) is 6.26 Å². The number of rotatable bonds is 4. The quantitative estimate of drug-likeness (QED) is 0.631. The smallest absolute Gasteiger partial charge is 0.188 e. The molecular weight excluding hydrogens is 282 g/mol. The highest BCUT2D eigenvalue weighted by atomic mass is 35.5. The summed E-state index contributed by atoms with van der Waals surface area (Å²) in [7, 11) is 0. The first-order chi connectivity index (χ1) is 9.20. The summed E-state index contributed by atoms with van der Waals surface area (Å²) in [6, 6.07) is 6.96. The van der Waals surface area contributed by atoms with E-state index < -0.39 is 0 Å². The average molecular weight is 298 g/mol. The van der Waals surface area contributed by atoms with Crippen LogP contribution in [0.25, 0.3) is 0 Å². The third-order valence-electron chi connectivity index (χ3n) is 2.92. The molecule has 19 heavy (non-hydrogen) atoms. The Morgan fingerprint density at radius 1 is 1.32 bits per heavy atom. The number of halogens is 1. The molecule has 0 saturated carbocycles. The van der Waals surface area contributed by atoms with Gasteiger partial charge >= 0.3 is 0 Å². The molecule has 1 aromatic rings. The number of morpholine rings is 1. The van der Waals surface area contributed by atoms with E-state index in [1.165, 1.54) is 0 Å². The fourth-order valence-electron chi connectivity index (χ4n) is 1.87. The molecule has 1 heterocycles. The lowest BCUT2D eigenvalue weighted by atomic mass is 10.1. The Hall–Kier alpha value is -0.970. The third-order valence-corrected chi connectivity index (χ3v) is 3.96. The van der Waals surface area contributed by atoms with E-state index >= 15 is 0 Å². The molecule has 5 heteroatoms. The summed E-state index contributed by atoms with van der Waals surface area (Å²) < 4.78 is 5.32. The molecule has 1 aromatic carbocycles. The molecule has 1 aliphatic rings. The van der Waals surface area contributed by atoms with Crippen molar-refractivity contribution in [2.75, 3.05) is 32.6 Å². The SMILES string of the molecule is CS/C(=C\C(=O)c1ccc(Cl)cc1)N1CCOCC1. The van der Waals surface area contributed by atoms with Gasteiger partial charge in [-0.1, -0.05) is 11.6 Å². The van der Waals surface area contributed by atoms with E-state index in [2.05, 4.69) is 4.90 Å². The summed E-state index contributed by atoms with van der Waals surface area (Å²) in [4.78, 5) is 14.4. The van der Waals surface area contributed by atoms with E-state index in [-0.39, 0.29) is 5.78 Å². The van der Waals surface area contributed by atoms with Crippen molar-refractivity contribution in [2.24, 2.45) is 0 Å². The molecule has 0 aromatic heterocycles.